The van der Waals surface area contributed by atoms with Crippen molar-refractivity contribution in [2.45, 2.75) is 25.4 Å². The lowest BCUT2D eigenvalue weighted by molar-refractivity contribution is 0.0903. The normalized spacial score (nSPS) is 18.8. The molecule has 0 spiro atoms. The van der Waals surface area contributed by atoms with Crippen LogP contribution in [0.2, 0.25) is 0 Å². The van der Waals surface area contributed by atoms with Gasteiger partial charge >= 0.3 is 0 Å². The minimum atomic E-state index is -0.469. The molecule has 1 amide bonds. The summed E-state index contributed by atoms with van der Waals surface area (Å²) in [5, 5.41) is 21.7. The van der Waals surface area contributed by atoms with Gasteiger partial charge in [-0.15, -0.1) is 0 Å². The van der Waals surface area contributed by atoms with Gasteiger partial charge < -0.3 is 20.3 Å². The molecule has 0 bridgehead atoms. The average molecular weight is 251 g/mol. The van der Waals surface area contributed by atoms with Crippen LogP contribution in [0.3, 0.4) is 0 Å². The molecular formula is C13H17NO4. The molecule has 5 nitrogen and oxygen atoms in total. The Morgan fingerprint density at radius 3 is 2.72 bits per heavy atom. The van der Waals surface area contributed by atoms with E-state index in [0.717, 1.165) is 25.9 Å². The number of hydrogen-bond donors (Lipinski definition) is 3. The lowest BCUT2D eigenvalue weighted by Gasteiger charge is -2.11. The number of nitrogens with one attached hydrogen (secondary N) is 1. The monoisotopic (exact) mass is 251 g/mol. The summed E-state index contributed by atoms with van der Waals surface area (Å²) < 4.78 is 5.44. The number of rotatable bonds is 4. The van der Waals surface area contributed by atoms with Gasteiger partial charge in [0, 0.05) is 13.2 Å². The maximum Gasteiger partial charge on any atom is 0.258 e. The zero-order valence-electron chi connectivity index (χ0n) is 10.1. The minimum absolute atomic E-state index is 0.0789. The Morgan fingerprint density at radius 2 is 2.11 bits per heavy atom. The Balaban J connectivity index is 1.87. The van der Waals surface area contributed by atoms with Gasteiger partial charge in [-0.25, -0.2) is 0 Å². The second kappa shape index (κ2) is 5.73. The Bertz CT molecular complexity index is 407. The molecule has 3 N–H and O–H groups in total. The van der Waals surface area contributed by atoms with Crippen molar-refractivity contribution >= 4 is 5.91 Å². The van der Waals surface area contributed by atoms with Crippen LogP contribution in [0.1, 0.15) is 29.6 Å². The smallest absolute Gasteiger partial charge is 0.258 e. The summed E-state index contributed by atoms with van der Waals surface area (Å²) in [6.07, 6.45) is 3.06. The quantitative estimate of drug-likeness (QED) is 0.755. The summed E-state index contributed by atoms with van der Waals surface area (Å²) in [5.41, 5.74) is -0.0789. The summed E-state index contributed by atoms with van der Waals surface area (Å²) >= 11 is 0. The lowest BCUT2D eigenvalue weighted by Crippen LogP contribution is -2.27. The van der Waals surface area contributed by atoms with Gasteiger partial charge in [0.25, 0.3) is 5.91 Å². The predicted molar refractivity (Wildman–Crippen MR) is 65.7 cm³/mol. The molecule has 5 heteroatoms. The third kappa shape index (κ3) is 2.92. The van der Waals surface area contributed by atoms with Crippen LogP contribution in [0.25, 0.3) is 0 Å². The summed E-state index contributed by atoms with van der Waals surface area (Å²) in [5.74, 6) is -0.905. The van der Waals surface area contributed by atoms with Crippen LogP contribution >= 0.6 is 0 Å². The molecule has 1 fully saturated rings. The molecule has 1 aliphatic heterocycles. The van der Waals surface area contributed by atoms with E-state index in [1.807, 2.05) is 0 Å². The Kier molecular flexibility index (Phi) is 4.04. The van der Waals surface area contributed by atoms with Crippen LogP contribution in [-0.2, 0) is 4.74 Å². The fraction of sp³-hybridized carbons (Fsp3) is 0.462. The van der Waals surface area contributed by atoms with Crippen LogP contribution in [0.15, 0.2) is 18.2 Å². The first-order chi connectivity index (χ1) is 8.68. The molecule has 1 saturated heterocycles. The largest absolute Gasteiger partial charge is 0.507 e. The van der Waals surface area contributed by atoms with Crippen molar-refractivity contribution < 1.29 is 19.7 Å². The summed E-state index contributed by atoms with van der Waals surface area (Å²) in [4.78, 5) is 11.8. The third-order valence-electron chi connectivity index (χ3n) is 3.02. The van der Waals surface area contributed by atoms with Gasteiger partial charge in [0.2, 0.25) is 0 Å². The minimum Gasteiger partial charge on any atom is -0.507 e. The van der Waals surface area contributed by atoms with Gasteiger partial charge in [-0.3, -0.25) is 4.79 Å². The van der Waals surface area contributed by atoms with Crippen LogP contribution in [-0.4, -0.2) is 35.4 Å². The van der Waals surface area contributed by atoms with Gasteiger partial charge in [-0.2, -0.15) is 0 Å². The van der Waals surface area contributed by atoms with Gasteiger partial charge in [-0.1, -0.05) is 6.07 Å². The predicted octanol–water partition coefficient (Wildman–Crippen LogP) is 1.40. The zero-order valence-corrected chi connectivity index (χ0v) is 10.1. The standard InChI is InChI=1S/C13H17NO4/c15-10-4-1-5-11(16)12(10)13(17)14-7-6-9-3-2-8-18-9/h1,4-5,9,15-16H,2-3,6-8H2,(H,14,17). The molecular weight excluding hydrogens is 234 g/mol. The molecule has 2 rings (SSSR count). The van der Waals surface area contributed by atoms with E-state index >= 15 is 0 Å². The molecule has 0 radical (unpaired) electrons. The number of hydrogen-bond acceptors (Lipinski definition) is 4. The highest BCUT2D eigenvalue weighted by Crippen LogP contribution is 2.25. The highest BCUT2D eigenvalue weighted by atomic mass is 16.5. The first kappa shape index (κ1) is 12.7. The van der Waals surface area contributed by atoms with Crippen LogP contribution in [0.5, 0.6) is 11.5 Å². The van der Waals surface area contributed by atoms with Crippen LogP contribution in [0, 0.1) is 0 Å². The molecule has 1 aromatic carbocycles. The molecule has 1 unspecified atom stereocenters. The number of phenolic OH excluding ortho intramolecular Hbond substituents is 2. The average Bonchev–Trinajstić information content (AvgIpc) is 2.82. The highest BCUT2D eigenvalue weighted by molar-refractivity contribution is 5.99. The number of carbonyl (C=O) groups excluding carboxylic acids is 1. The molecule has 18 heavy (non-hydrogen) atoms. The maximum atomic E-state index is 11.8. The van der Waals surface area contributed by atoms with E-state index in [0.29, 0.717) is 6.54 Å². The number of aromatic hydroxyl groups is 2. The Labute approximate surface area is 105 Å². The maximum absolute atomic E-state index is 11.8. The van der Waals surface area contributed by atoms with E-state index in [1.165, 1.54) is 18.2 Å². The molecule has 1 atom stereocenters. The number of carbonyl (C=O) groups is 1. The molecule has 98 valence electrons. The fourth-order valence-electron chi connectivity index (χ4n) is 2.07. The van der Waals surface area contributed by atoms with E-state index in [-0.39, 0.29) is 23.2 Å². The topological polar surface area (TPSA) is 78.8 Å². The molecule has 1 heterocycles. The first-order valence-corrected chi connectivity index (χ1v) is 6.09. The van der Waals surface area contributed by atoms with Gasteiger partial charge in [0.1, 0.15) is 17.1 Å². The second-order valence-corrected chi connectivity index (χ2v) is 4.35. The van der Waals surface area contributed by atoms with Crippen molar-refractivity contribution in [3.8, 4) is 11.5 Å². The first-order valence-electron chi connectivity index (χ1n) is 6.09. The second-order valence-electron chi connectivity index (χ2n) is 4.35. The number of amides is 1. The van der Waals surface area contributed by atoms with E-state index < -0.39 is 5.91 Å². The molecule has 0 aliphatic carbocycles. The van der Waals surface area contributed by atoms with Crippen LogP contribution < -0.4 is 5.32 Å². The van der Waals surface area contributed by atoms with Crippen molar-refractivity contribution in [2.75, 3.05) is 13.2 Å². The van der Waals surface area contributed by atoms with E-state index in [4.69, 9.17) is 4.74 Å². The SMILES string of the molecule is O=C(NCCC1CCCO1)c1c(O)cccc1O. The number of phenols is 2. The lowest BCUT2D eigenvalue weighted by atomic mass is 10.1. The Morgan fingerprint density at radius 1 is 1.39 bits per heavy atom. The molecule has 1 aliphatic rings. The van der Waals surface area contributed by atoms with Crippen molar-refractivity contribution in [1.29, 1.82) is 0 Å². The van der Waals surface area contributed by atoms with Crippen molar-refractivity contribution in [3.63, 3.8) is 0 Å². The third-order valence-corrected chi connectivity index (χ3v) is 3.02. The molecule has 1 aromatic rings. The van der Waals surface area contributed by atoms with E-state index in [2.05, 4.69) is 5.32 Å². The van der Waals surface area contributed by atoms with Crippen molar-refractivity contribution in [2.24, 2.45) is 0 Å². The zero-order chi connectivity index (χ0) is 13.0. The Hall–Kier alpha value is -1.75. The highest BCUT2D eigenvalue weighted by Gasteiger charge is 2.18. The summed E-state index contributed by atoms with van der Waals surface area (Å²) in [7, 11) is 0. The van der Waals surface area contributed by atoms with Crippen LogP contribution in [0.4, 0.5) is 0 Å². The number of benzene rings is 1. The molecule has 0 saturated carbocycles. The van der Waals surface area contributed by atoms with Gasteiger partial charge in [-0.05, 0) is 31.4 Å². The van der Waals surface area contributed by atoms with Gasteiger partial charge in [0.15, 0.2) is 0 Å². The number of ether oxygens (including phenoxy) is 1. The molecule has 0 aromatic heterocycles. The van der Waals surface area contributed by atoms with E-state index in [1.54, 1.807) is 0 Å². The fourth-order valence-corrected chi connectivity index (χ4v) is 2.07. The summed E-state index contributed by atoms with van der Waals surface area (Å²) in [6.45, 7) is 1.26. The van der Waals surface area contributed by atoms with Crippen molar-refractivity contribution in [3.05, 3.63) is 23.8 Å². The van der Waals surface area contributed by atoms with Crippen molar-refractivity contribution in [1.82, 2.24) is 5.32 Å². The van der Waals surface area contributed by atoms with Gasteiger partial charge in [0.05, 0.1) is 6.10 Å². The van der Waals surface area contributed by atoms with E-state index in [9.17, 15) is 15.0 Å². The summed E-state index contributed by atoms with van der Waals surface area (Å²) in [6, 6.07) is 4.22.